The first kappa shape index (κ1) is 14.8. The van der Waals surface area contributed by atoms with Gasteiger partial charge in [-0.25, -0.2) is 13.2 Å². The smallest absolute Gasteiger partial charge is 0.194 e. The van der Waals surface area contributed by atoms with Crippen molar-refractivity contribution in [2.24, 2.45) is 0 Å². The van der Waals surface area contributed by atoms with Crippen molar-refractivity contribution < 1.29 is 13.2 Å². The van der Waals surface area contributed by atoms with E-state index in [0.29, 0.717) is 0 Å². The van der Waals surface area contributed by atoms with Gasteiger partial charge in [0.1, 0.15) is 0 Å². The number of hydrogen-bond donors (Lipinski definition) is 0. The predicted octanol–water partition coefficient (Wildman–Crippen LogP) is 2.82. The van der Waals surface area contributed by atoms with Gasteiger partial charge in [0.25, 0.3) is 0 Å². The standard InChI is InChI=1S/C16H16F3N3/c17-14-4-3-12(15(18)16(14)19)11-21-6-8-22(9-7-21)13-2-1-5-20-10-13/h1-5,10H,6-9,11H2. The molecule has 3 nitrogen and oxygen atoms in total. The predicted molar refractivity (Wildman–Crippen MR) is 78.0 cm³/mol. The molecule has 1 aromatic heterocycles. The number of halogens is 3. The van der Waals surface area contributed by atoms with E-state index in [4.69, 9.17) is 0 Å². The van der Waals surface area contributed by atoms with E-state index in [1.165, 1.54) is 6.07 Å². The van der Waals surface area contributed by atoms with Gasteiger partial charge in [0.2, 0.25) is 0 Å². The summed E-state index contributed by atoms with van der Waals surface area (Å²) in [7, 11) is 0. The fraction of sp³-hybridized carbons (Fsp3) is 0.312. The molecular weight excluding hydrogens is 291 g/mol. The topological polar surface area (TPSA) is 19.4 Å². The molecule has 0 saturated carbocycles. The molecule has 0 radical (unpaired) electrons. The minimum atomic E-state index is -1.40. The highest BCUT2D eigenvalue weighted by Crippen LogP contribution is 2.19. The first-order valence-electron chi connectivity index (χ1n) is 7.15. The number of hydrogen-bond acceptors (Lipinski definition) is 3. The summed E-state index contributed by atoms with van der Waals surface area (Å²) in [6, 6.07) is 6.16. The Morgan fingerprint density at radius 1 is 0.955 bits per heavy atom. The van der Waals surface area contributed by atoms with Gasteiger partial charge in [0.15, 0.2) is 17.5 Å². The van der Waals surface area contributed by atoms with Crippen molar-refractivity contribution in [3.8, 4) is 0 Å². The van der Waals surface area contributed by atoms with Crippen LogP contribution in [0.3, 0.4) is 0 Å². The Morgan fingerprint density at radius 2 is 1.73 bits per heavy atom. The quantitative estimate of drug-likeness (QED) is 0.813. The molecule has 0 aliphatic carbocycles. The molecule has 6 heteroatoms. The van der Waals surface area contributed by atoms with Gasteiger partial charge in [-0.05, 0) is 18.2 Å². The van der Waals surface area contributed by atoms with Crippen LogP contribution >= 0.6 is 0 Å². The molecule has 1 saturated heterocycles. The molecule has 1 fully saturated rings. The lowest BCUT2D eigenvalue weighted by Gasteiger charge is -2.36. The maximum Gasteiger partial charge on any atom is 0.194 e. The van der Waals surface area contributed by atoms with Crippen molar-refractivity contribution in [1.29, 1.82) is 0 Å². The van der Waals surface area contributed by atoms with Crippen LogP contribution in [-0.4, -0.2) is 36.1 Å². The van der Waals surface area contributed by atoms with Crippen molar-refractivity contribution in [3.63, 3.8) is 0 Å². The molecule has 0 bridgehead atoms. The molecule has 1 aliphatic heterocycles. The molecule has 1 aromatic carbocycles. The molecule has 0 spiro atoms. The van der Waals surface area contributed by atoms with Crippen LogP contribution in [0.1, 0.15) is 5.56 Å². The second-order valence-electron chi connectivity index (χ2n) is 5.31. The Bertz CT molecular complexity index is 641. The largest absolute Gasteiger partial charge is 0.368 e. The van der Waals surface area contributed by atoms with Crippen molar-refractivity contribution >= 4 is 5.69 Å². The van der Waals surface area contributed by atoms with Crippen molar-refractivity contribution in [2.75, 3.05) is 31.1 Å². The lowest BCUT2D eigenvalue weighted by atomic mass is 10.1. The molecule has 0 amide bonds. The first-order chi connectivity index (χ1) is 10.6. The number of anilines is 1. The third-order valence-corrected chi connectivity index (χ3v) is 3.89. The van der Waals surface area contributed by atoms with Gasteiger partial charge in [-0.2, -0.15) is 0 Å². The fourth-order valence-electron chi connectivity index (χ4n) is 2.63. The van der Waals surface area contributed by atoms with E-state index in [1.54, 1.807) is 6.20 Å². The van der Waals surface area contributed by atoms with E-state index < -0.39 is 17.5 Å². The number of pyridine rings is 1. The molecule has 116 valence electrons. The van der Waals surface area contributed by atoms with Crippen LogP contribution in [0.4, 0.5) is 18.9 Å². The summed E-state index contributed by atoms with van der Waals surface area (Å²) in [4.78, 5) is 8.32. The van der Waals surface area contributed by atoms with E-state index in [9.17, 15) is 13.2 Å². The fourth-order valence-corrected chi connectivity index (χ4v) is 2.63. The number of piperazine rings is 1. The summed E-state index contributed by atoms with van der Waals surface area (Å²) in [5, 5.41) is 0. The molecular formula is C16H16F3N3. The van der Waals surface area contributed by atoms with Gasteiger partial charge in [-0.3, -0.25) is 9.88 Å². The van der Waals surface area contributed by atoms with Gasteiger partial charge in [0.05, 0.1) is 11.9 Å². The van der Waals surface area contributed by atoms with Gasteiger partial charge >= 0.3 is 0 Å². The summed E-state index contributed by atoms with van der Waals surface area (Å²) in [5.74, 6) is -3.64. The molecule has 0 atom stereocenters. The van der Waals surface area contributed by atoms with Crippen LogP contribution in [0.5, 0.6) is 0 Å². The number of benzene rings is 1. The summed E-state index contributed by atoms with van der Waals surface area (Å²) >= 11 is 0. The molecule has 0 N–H and O–H groups in total. The molecule has 3 rings (SSSR count). The zero-order chi connectivity index (χ0) is 15.5. The lowest BCUT2D eigenvalue weighted by molar-refractivity contribution is 0.245. The monoisotopic (exact) mass is 307 g/mol. The molecule has 22 heavy (non-hydrogen) atoms. The van der Waals surface area contributed by atoms with Crippen LogP contribution in [0, 0.1) is 17.5 Å². The van der Waals surface area contributed by atoms with Crippen molar-refractivity contribution in [3.05, 3.63) is 59.7 Å². The summed E-state index contributed by atoms with van der Waals surface area (Å²) in [6.07, 6.45) is 3.54. The molecule has 2 heterocycles. The molecule has 0 unspecified atom stereocenters. The third-order valence-electron chi connectivity index (χ3n) is 3.89. The van der Waals surface area contributed by atoms with Gasteiger partial charge in [-0.1, -0.05) is 6.07 Å². The van der Waals surface area contributed by atoms with Crippen LogP contribution < -0.4 is 4.90 Å². The Morgan fingerprint density at radius 3 is 2.41 bits per heavy atom. The zero-order valence-electron chi connectivity index (χ0n) is 12.0. The van der Waals surface area contributed by atoms with Gasteiger partial charge in [0, 0.05) is 44.5 Å². The van der Waals surface area contributed by atoms with E-state index in [2.05, 4.69) is 9.88 Å². The Hall–Kier alpha value is -2.08. The third kappa shape index (κ3) is 3.06. The number of nitrogens with zero attached hydrogens (tertiary/aromatic N) is 3. The molecule has 1 aliphatic rings. The van der Waals surface area contributed by atoms with Crippen LogP contribution in [0.25, 0.3) is 0 Å². The Kier molecular flexibility index (Phi) is 4.29. The summed E-state index contributed by atoms with van der Waals surface area (Å²) < 4.78 is 39.9. The van der Waals surface area contributed by atoms with Crippen LogP contribution in [0.15, 0.2) is 36.7 Å². The zero-order valence-corrected chi connectivity index (χ0v) is 12.0. The molecule has 2 aromatic rings. The maximum absolute atomic E-state index is 13.7. The van der Waals surface area contributed by atoms with E-state index in [-0.39, 0.29) is 12.1 Å². The van der Waals surface area contributed by atoms with E-state index in [1.807, 2.05) is 23.2 Å². The highest BCUT2D eigenvalue weighted by atomic mass is 19.2. The van der Waals surface area contributed by atoms with Gasteiger partial charge in [-0.15, -0.1) is 0 Å². The Labute approximate surface area is 127 Å². The average Bonchev–Trinajstić information content (AvgIpc) is 2.57. The summed E-state index contributed by atoms with van der Waals surface area (Å²) in [6.45, 7) is 3.32. The number of aromatic nitrogens is 1. The Balaban J connectivity index is 1.62. The van der Waals surface area contributed by atoms with E-state index >= 15 is 0 Å². The summed E-state index contributed by atoms with van der Waals surface area (Å²) in [5.41, 5.74) is 1.25. The number of rotatable bonds is 3. The average molecular weight is 307 g/mol. The lowest BCUT2D eigenvalue weighted by Crippen LogP contribution is -2.46. The van der Waals surface area contributed by atoms with Crippen molar-refractivity contribution in [1.82, 2.24) is 9.88 Å². The van der Waals surface area contributed by atoms with Crippen LogP contribution in [0.2, 0.25) is 0 Å². The minimum Gasteiger partial charge on any atom is -0.368 e. The first-order valence-corrected chi connectivity index (χ1v) is 7.15. The minimum absolute atomic E-state index is 0.189. The highest BCUT2D eigenvalue weighted by molar-refractivity contribution is 5.44. The van der Waals surface area contributed by atoms with E-state index in [0.717, 1.165) is 37.9 Å². The highest BCUT2D eigenvalue weighted by Gasteiger charge is 2.20. The van der Waals surface area contributed by atoms with Crippen molar-refractivity contribution in [2.45, 2.75) is 6.54 Å². The second kappa shape index (κ2) is 6.36. The van der Waals surface area contributed by atoms with Crippen LogP contribution in [-0.2, 0) is 6.54 Å². The normalized spacial score (nSPS) is 16.0. The van der Waals surface area contributed by atoms with Gasteiger partial charge < -0.3 is 4.90 Å². The second-order valence-corrected chi connectivity index (χ2v) is 5.31. The maximum atomic E-state index is 13.7. The SMILES string of the molecule is Fc1ccc(CN2CCN(c3cccnc3)CC2)c(F)c1F.